The number of fused-ring (bicyclic) bond motifs is 1. The standard InChI is InChI=1S/C15H20N4OS/c20-13(12-11-19-9-10-21-14(19)17-12)18-7-3-15(4-8-18)1-5-16-6-2-15/h9-11,16H,1-8H2. The van der Waals surface area contributed by atoms with Crippen molar-refractivity contribution >= 4 is 22.2 Å². The summed E-state index contributed by atoms with van der Waals surface area (Å²) in [5.41, 5.74) is 1.07. The third kappa shape index (κ3) is 2.36. The molecule has 1 spiro atoms. The zero-order valence-corrected chi connectivity index (χ0v) is 12.9. The molecule has 21 heavy (non-hydrogen) atoms. The molecule has 5 nitrogen and oxygen atoms in total. The summed E-state index contributed by atoms with van der Waals surface area (Å²) < 4.78 is 1.93. The van der Waals surface area contributed by atoms with E-state index in [4.69, 9.17) is 0 Å². The van der Waals surface area contributed by atoms with Crippen molar-refractivity contribution in [1.82, 2.24) is 19.6 Å². The quantitative estimate of drug-likeness (QED) is 0.877. The number of piperidine rings is 2. The van der Waals surface area contributed by atoms with Crippen LogP contribution >= 0.6 is 11.3 Å². The molecular formula is C15H20N4OS. The Bertz CT molecular complexity index is 617. The number of likely N-dealkylation sites (tertiary alicyclic amines) is 1. The van der Waals surface area contributed by atoms with Crippen molar-refractivity contribution in [1.29, 1.82) is 0 Å². The predicted octanol–water partition coefficient (Wildman–Crippen LogP) is 2.00. The number of carbonyl (C=O) groups is 1. The van der Waals surface area contributed by atoms with Gasteiger partial charge in [-0.15, -0.1) is 11.3 Å². The van der Waals surface area contributed by atoms with Gasteiger partial charge in [0.1, 0.15) is 5.69 Å². The minimum atomic E-state index is 0.0923. The van der Waals surface area contributed by atoms with Gasteiger partial charge in [0.05, 0.1) is 0 Å². The van der Waals surface area contributed by atoms with Crippen LogP contribution in [0.25, 0.3) is 4.96 Å². The predicted molar refractivity (Wildman–Crippen MR) is 82.7 cm³/mol. The summed E-state index contributed by atoms with van der Waals surface area (Å²) in [6.07, 6.45) is 8.60. The van der Waals surface area contributed by atoms with Gasteiger partial charge in [-0.3, -0.25) is 9.20 Å². The molecule has 4 rings (SSSR count). The van der Waals surface area contributed by atoms with Crippen LogP contribution in [0, 0.1) is 5.41 Å². The van der Waals surface area contributed by atoms with E-state index in [1.807, 2.05) is 27.1 Å². The van der Waals surface area contributed by atoms with Crippen molar-refractivity contribution in [2.24, 2.45) is 5.41 Å². The van der Waals surface area contributed by atoms with Crippen LogP contribution in [0.2, 0.25) is 0 Å². The van der Waals surface area contributed by atoms with Gasteiger partial charge in [-0.25, -0.2) is 4.98 Å². The van der Waals surface area contributed by atoms with Gasteiger partial charge in [-0.2, -0.15) is 0 Å². The van der Waals surface area contributed by atoms with E-state index >= 15 is 0 Å². The number of imidazole rings is 1. The molecular weight excluding hydrogens is 284 g/mol. The first-order valence-electron chi connectivity index (χ1n) is 7.68. The summed E-state index contributed by atoms with van der Waals surface area (Å²) in [6, 6.07) is 0. The van der Waals surface area contributed by atoms with Gasteiger partial charge in [0.2, 0.25) is 0 Å². The summed E-state index contributed by atoms with van der Waals surface area (Å²) in [5.74, 6) is 0.0923. The molecule has 2 aromatic heterocycles. The highest BCUT2D eigenvalue weighted by atomic mass is 32.1. The van der Waals surface area contributed by atoms with Gasteiger partial charge in [-0.05, 0) is 44.2 Å². The molecule has 0 aromatic carbocycles. The zero-order valence-electron chi connectivity index (χ0n) is 12.0. The Morgan fingerprint density at radius 1 is 1.24 bits per heavy atom. The molecule has 1 N–H and O–H groups in total. The Hall–Kier alpha value is -1.40. The zero-order chi connectivity index (χ0) is 14.3. The van der Waals surface area contributed by atoms with Crippen molar-refractivity contribution in [2.45, 2.75) is 25.7 Å². The lowest BCUT2D eigenvalue weighted by Gasteiger charge is -2.44. The molecule has 2 aliphatic heterocycles. The monoisotopic (exact) mass is 304 g/mol. The minimum Gasteiger partial charge on any atom is -0.337 e. The molecule has 0 aliphatic carbocycles. The van der Waals surface area contributed by atoms with Crippen molar-refractivity contribution in [3.05, 3.63) is 23.5 Å². The van der Waals surface area contributed by atoms with Crippen molar-refractivity contribution in [2.75, 3.05) is 26.2 Å². The number of hydrogen-bond donors (Lipinski definition) is 1. The molecule has 4 heterocycles. The van der Waals surface area contributed by atoms with Crippen LogP contribution < -0.4 is 5.32 Å². The minimum absolute atomic E-state index is 0.0923. The molecule has 2 aromatic rings. The van der Waals surface area contributed by atoms with Crippen LogP contribution in [-0.4, -0.2) is 46.4 Å². The van der Waals surface area contributed by atoms with E-state index in [2.05, 4.69) is 10.3 Å². The number of carbonyl (C=O) groups excluding carboxylic acids is 1. The summed E-state index contributed by atoms with van der Waals surface area (Å²) >= 11 is 1.56. The SMILES string of the molecule is O=C(c1cn2ccsc2n1)N1CCC2(CCNCC2)CC1. The van der Waals surface area contributed by atoms with Crippen LogP contribution in [0.15, 0.2) is 17.8 Å². The molecule has 112 valence electrons. The lowest BCUT2D eigenvalue weighted by molar-refractivity contribution is 0.0491. The van der Waals surface area contributed by atoms with Gasteiger partial charge in [0, 0.05) is 30.9 Å². The van der Waals surface area contributed by atoms with Gasteiger partial charge in [0.15, 0.2) is 4.96 Å². The van der Waals surface area contributed by atoms with Crippen molar-refractivity contribution < 1.29 is 4.79 Å². The fraction of sp³-hybridized carbons (Fsp3) is 0.600. The average Bonchev–Trinajstić information content (AvgIpc) is 3.09. The largest absolute Gasteiger partial charge is 0.337 e. The Kier molecular flexibility index (Phi) is 3.23. The van der Waals surface area contributed by atoms with Crippen LogP contribution in [-0.2, 0) is 0 Å². The van der Waals surface area contributed by atoms with Crippen molar-refractivity contribution in [3.63, 3.8) is 0 Å². The van der Waals surface area contributed by atoms with Crippen LogP contribution in [0.3, 0.4) is 0 Å². The fourth-order valence-corrected chi connectivity index (χ4v) is 4.33. The third-order valence-corrected chi connectivity index (χ3v) is 5.86. The van der Waals surface area contributed by atoms with Gasteiger partial charge < -0.3 is 10.2 Å². The molecule has 0 unspecified atom stereocenters. The highest BCUT2D eigenvalue weighted by molar-refractivity contribution is 7.15. The molecule has 0 bridgehead atoms. The lowest BCUT2D eigenvalue weighted by atomic mass is 9.71. The van der Waals surface area contributed by atoms with Crippen LogP contribution in [0.5, 0.6) is 0 Å². The number of rotatable bonds is 1. The van der Waals surface area contributed by atoms with E-state index in [1.165, 1.54) is 12.8 Å². The summed E-state index contributed by atoms with van der Waals surface area (Å²) in [6.45, 7) is 4.02. The van der Waals surface area contributed by atoms with Crippen LogP contribution in [0.4, 0.5) is 0 Å². The fourth-order valence-electron chi connectivity index (χ4n) is 3.63. The second-order valence-electron chi connectivity index (χ2n) is 6.26. The Labute approximate surface area is 128 Å². The molecule has 6 heteroatoms. The number of amides is 1. The topological polar surface area (TPSA) is 49.6 Å². The Morgan fingerprint density at radius 3 is 2.71 bits per heavy atom. The maximum Gasteiger partial charge on any atom is 0.274 e. The van der Waals surface area contributed by atoms with E-state index in [1.54, 1.807) is 11.3 Å². The Morgan fingerprint density at radius 2 is 2.00 bits per heavy atom. The number of nitrogens with one attached hydrogen (secondary N) is 1. The number of thiazole rings is 1. The molecule has 2 saturated heterocycles. The Balaban J connectivity index is 1.45. The third-order valence-electron chi connectivity index (χ3n) is 5.09. The maximum absolute atomic E-state index is 12.6. The summed E-state index contributed by atoms with van der Waals surface area (Å²) in [4.78, 5) is 19.9. The number of hydrogen-bond acceptors (Lipinski definition) is 4. The molecule has 0 radical (unpaired) electrons. The van der Waals surface area contributed by atoms with E-state index < -0.39 is 0 Å². The molecule has 2 aliphatic rings. The van der Waals surface area contributed by atoms with Gasteiger partial charge >= 0.3 is 0 Å². The summed E-state index contributed by atoms with van der Waals surface area (Å²) in [7, 11) is 0. The second kappa shape index (κ2) is 5.10. The van der Waals surface area contributed by atoms with Gasteiger partial charge in [-0.1, -0.05) is 0 Å². The van der Waals surface area contributed by atoms with E-state index in [-0.39, 0.29) is 5.91 Å². The first kappa shape index (κ1) is 13.3. The van der Waals surface area contributed by atoms with Crippen LogP contribution in [0.1, 0.15) is 36.2 Å². The maximum atomic E-state index is 12.6. The molecule has 1 amide bonds. The molecule has 0 saturated carbocycles. The smallest absolute Gasteiger partial charge is 0.274 e. The first-order valence-corrected chi connectivity index (χ1v) is 8.56. The van der Waals surface area contributed by atoms with Crippen molar-refractivity contribution in [3.8, 4) is 0 Å². The lowest BCUT2D eigenvalue weighted by Crippen LogP contribution is -2.47. The second-order valence-corrected chi connectivity index (χ2v) is 7.13. The number of aromatic nitrogens is 2. The number of nitrogens with zero attached hydrogens (tertiary/aromatic N) is 3. The molecule has 0 atom stereocenters. The average molecular weight is 304 g/mol. The van der Waals surface area contributed by atoms with E-state index in [0.29, 0.717) is 11.1 Å². The summed E-state index contributed by atoms with van der Waals surface area (Å²) in [5, 5.41) is 5.42. The highest BCUT2D eigenvalue weighted by Crippen LogP contribution is 2.39. The van der Waals surface area contributed by atoms with E-state index in [9.17, 15) is 4.79 Å². The highest BCUT2D eigenvalue weighted by Gasteiger charge is 2.37. The normalized spacial score (nSPS) is 22.0. The van der Waals surface area contributed by atoms with E-state index in [0.717, 1.165) is 44.0 Å². The first-order chi connectivity index (χ1) is 10.3. The van der Waals surface area contributed by atoms with Gasteiger partial charge in [0.25, 0.3) is 5.91 Å². The molecule has 2 fully saturated rings.